The second-order valence-electron chi connectivity index (χ2n) is 6.71. The molecule has 27 heavy (non-hydrogen) atoms. The lowest BCUT2D eigenvalue weighted by atomic mass is 10.2. The lowest BCUT2D eigenvalue weighted by Crippen LogP contribution is -2.02. The van der Waals surface area contributed by atoms with E-state index >= 15 is 0 Å². The lowest BCUT2D eigenvalue weighted by Gasteiger charge is -2.13. The molecule has 2 aromatic rings. The summed E-state index contributed by atoms with van der Waals surface area (Å²) in [6, 6.07) is 5.87. The first-order valence-electron chi connectivity index (χ1n) is 10.3. The molecular formula is C22H33N3O2. The van der Waals surface area contributed by atoms with Crippen molar-refractivity contribution in [3.63, 3.8) is 0 Å². The van der Waals surface area contributed by atoms with Crippen molar-refractivity contribution in [2.24, 2.45) is 4.99 Å². The third kappa shape index (κ3) is 8.29. The van der Waals surface area contributed by atoms with Crippen molar-refractivity contribution in [3.8, 4) is 11.5 Å². The van der Waals surface area contributed by atoms with Gasteiger partial charge in [0.05, 0.1) is 43.3 Å². The zero-order chi connectivity index (χ0) is 19.2. The highest BCUT2D eigenvalue weighted by Gasteiger charge is 2.07. The summed E-state index contributed by atoms with van der Waals surface area (Å²) >= 11 is 0. The maximum Gasteiger partial charge on any atom is 0.163 e. The van der Waals surface area contributed by atoms with E-state index in [2.05, 4.69) is 28.8 Å². The van der Waals surface area contributed by atoms with Gasteiger partial charge in [0.25, 0.3) is 0 Å². The second-order valence-corrected chi connectivity index (χ2v) is 6.71. The van der Waals surface area contributed by atoms with Crippen molar-refractivity contribution >= 4 is 11.9 Å². The van der Waals surface area contributed by atoms with E-state index in [0.717, 1.165) is 42.3 Å². The predicted molar refractivity (Wildman–Crippen MR) is 112 cm³/mol. The maximum atomic E-state index is 6.02. The molecule has 1 aromatic carbocycles. The highest BCUT2D eigenvalue weighted by molar-refractivity contribution is 5.79. The maximum absolute atomic E-state index is 6.02. The van der Waals surface area contributed by atoms with Gasteiger partial charge in [-0.15, -0.1) is 0 Å². The third-order valence-electron chi connectivity index (χ3n) is 4.31. The fourth-order valence-corrected chi connectivity index (χ4v) is 2.71. The number of H-pyrrole nitrogens is 1. The molecule has 0 atom stereocenters. The van der Waals surface area contributed by atoms with E-state index in [-0.39, 0.29) is 0 Å². The van der Waals surface area contributed by atoms with Crippen LogP contribution in [0.5, 0.6) is 11.5 Å². The summed E-state index contributed by atoms with van der Waals surface area (Å²) in [7, 11) is 0. The molecule has 148 valence electrons. The lowest BCUT2D eigenvalue weighted by molar-refractivity contribution is 0.259. The van der Waals surface area contributed by atoms with Gasteiger partial charge in [-0.1, -0.05) is 52.4 Å². The van der Waals surface area contributed by atoms with Crippen molar-refractivity contribution in [3.05, 3.63) is 36.4 Å². The minimum absolute atomic E-state index is 0.708. The minimum Gasteiger partial charge on any atom is -0.490 e. The van der Waals surface area contributed by atoms with Crippen molar-refractivity contribution in [2.45, 2.75) is 65.2 Å². The Balaban J connectivity index is 1.97. The highest BCUT2D eigenvalue weighted by atomic mass is 16.5. The highest BCUT2D eigenvalue weighted by Crippen LogP contribution is 2.32. The summed E-state index contributed by atoms with van der Waals surface area (Å²) in [5, 5.41) is 0. The van der Waals surface area contributed by atoms with Crippen LogP contribution in [0.1, 0.15) is 70.9 Å². The normalized spacial score (nSPS) is 11.2. The zero-order valence-electron chi connectivity index (χ0n) is 16.7. The quantitative estimate of drug-likeness (QED) is 0.323. The number of benzene rings is 1. The van der Waals surface area contributed by atoms with Crippen LogP contribution in [-0.4, -0.2) is 29.4 Å². The van der Waals surface area contributed by atoms with Gasteiger partial charge in [0.2, 0.25) is 0 Å². The van der Waals surface area contributed by atoms with Gasteiger partial charge in [-0.05, 0) is 25.0 Å². The van der Waals surface area contributed by atoms with Crippen molar-refractivity contribution in [1.82, 2.24) is 9.97 Å². The summed E-state index contributed by atoms with van der Waals surface area (Å²) in [4.78, 5) is 11.5. The van der Waals surface area contributed by atoms with E-state index < -0.39 is 0 Å². The van der Waals surface area contributed by atoms with Gasteiger partial charge in [0.15, 0.2) is 11.5 Å². The zero-order valence-corrected chi connectivity index (χ0v) is 16.7. The Labute approximate surface area is 163 Å². The van der Waals surface area contributed by atoms with Crippen LogP contribution in [-0.2, 0) is 0 Å². The average Bonchev–Trinajstić information content (AvgIpc) is 3.21. The Hall–Kier alpha value is -2.30. The summed E-state index contributed by atoms with van der Waals surface area (Å²) in [6.45, 7) is 5.86. The minimum atomic E-state index is 0.708. The Morgan fingerprint density at radius 1 is 0.926 bits per heavy atom. The third-order valence-corrected chi connectivity index (χ3v) is 4.31. The number of nitrogens with zero attached hydrogens (tertiary/aromatic N) is 2. The predicted octanol–water partition coefficient (Wildman–Crippen LogP) is 6.08. The molecule has 0 fully saturated rings. The number of hydrogen-bond donors (Lipinski definition) is 1. The number of aromatic amines is 1. The molecule has 0 aliphatic carbocycles. The molecule has 0 radical (unpaired) electrons. The fourth-order valence-electron chi connectivity index (χ4n) is 2.71. The Kier molecular flexibility index (Phi) is 10.1. The molecule has 5 nitrogen and oxygen atoms in total. The molecule has 0 spiro atoms. The molecule has 2 rings (SSSR count). The van der Waals surface area contributed by atoms with Gasteiger partial charge in [-0.3, -0.25) is 4.99 Å². The monoisotopic (exact) mass is 371 g/mol. The van der Waals surface area contributed by atoms with Gasteiger partial charge in [0, 0.05) is 6.07 Å². The largest absolute Gasteiger partial charge is 0.490 e. The van der Waals surface area contributed by atoms with Crippen LogP contribution >= 0.6 is 0 Å². The van der Waals surface area contributed by atoms with E-state index in [1.807, 2.05) is 18.2 Å². The smallest absolute Gasteiger partial charge is 0.163 e. The summed E-state index contributed by atoms with van der Waals surface area (Å²) < 4.78 is 12.0. The van der Waals surface area contributed by atoms with Crippen molar-refractivity contribution in [2.75, 3.05) is 13.2 Å². The Bertz CT molecular complexity index is 654. The first-order valence-corrected chi connectivity index (χ1v) is 10.3. The standard InChI is InChI=1S/C22H33N3O2/c1-3-5-7-9-13-26-21-12-11-19(24-17-20-16-23-18-25-20)15-22(21)27-14-10-8-6-4-2/h11-12,15-18H,3-10,13-14H2,1-2H3,(H,23,25). The molecule has 0 saturated heterocycles. The number of aliphatic imine (C=N–C) groups is 1. The number of imidazole rings is 1. The van der Waals surface area contributed by atoms with Crippen LogP contribution in [0, 0.1) is 0 Å². The number of hydrogen-bond acceptors (Lipinski definition) is 4. The van der Waals surface area contributed by atoms with Gasteiger partial charge in [-0.25, -0.2) is 4.98 Å². The van der Waals surface area contributed by atoms with Gasteiger partial charge in [-0.2, -0.15) is 0 Å². The van der Waals surface area contributed by atoms with Crippen LogP contribution in [0.4, 0.5) is 5.69 Å². The van der Waals surface area contributed by atoms with Crippen molar-refractivity contribution in [1.29, 1.82) is 0 Å². The fraction of sp³-hybridized carbons (Fsp3) is 0.545. The molecule has 0 aliphatic rings. The molecule has 0 aliphatic heterocycles. The number of rotatable bonds is 14. The van der Waals surface area contributed by atoms with Crippen molar-refractivity contribution < 1.29 is 9.47 Å². The summed E-state index contributed by atoms with van der Waals surface area (Å²) in [6.07, 6.45) is 14.6. The molecule has 0 bridgehead atoms. The number of nitrogens with one attached hydrogen (secondary N) is 1. The van der Waals surface area contributed by atoms with E-state index in [1.165, 1.54) is 38.5 Å². The molecule has 0 amide bonds. The van der Waals surface area contributed by atoms with Crippen LogP contribution in [0.15, 0.2) is 35.7 Å². The first-order chi connectivity index (χ1) is 13.3. The average molecular weight is 372 g/mol. The van der Waals surface area contributed by atoms with E-state index in [4.69, 9.17) is 9.47 Å². The van der Waals surface area contributed by atoms with E-state index in [1.54, 1.807) is 18.7 Å². The van der Waals surface area contributed by atoms with Gasteiger partial charge < -0.3 is 14.5 Å². The summed E-state index contributed by atoms with van der Waals surface area (Å²) in [5.41, 5.74) is 1.71. The van der Waals surface area contributed by atoms with Gasteiger partial charge in [0.1, 0.15) is 0 Å². The second kappa shape index (κ2) is 13.0. The number of unbranched alkanes of at least 4 members (excludes halogenated alkanes) is 6. The number of aromatic nitrogens is 2. The molecule has 1 N–H and O–H groups in total. The Morgan fingerprint density at radius 2 is 1.63 bits per heavy atom. The molecule has 0 unspecified atom stereocenters. The first kappa shape index (κ1) is 21.0. The van der Waals surface area contributed by atoms with E-state index in [0.29, 0.717) is 6.61 Å². The Morgan fingerprint density at radius 3 is 2.26 bits per heavy atom. The molecule has 0 saturated carbocycles. The molecule has 1 aromatic heterocycles. The van der Waals surface area contributed by atoms with Crippen LogP contribution in [0.25, 0.3) is 0 Å². The SMILES string of the molecule is CCCCCCOc1ccc(N=Cc2cnc[nH]2)cc1OCCCCCC. The van der Waals surface area contributed by atoms with Crippen LogP contribution in [0.3, 0.4) is 0 Å². The number of ether oxygens (including phenoxy) is 2. The molecular weight excluding hydrogens is 338 g/mol. The topological polar surface area (TPSA) is 59.5 Å². The molecule has 5 heteroatoms. The molecule has 1 heterocycles. The summed E-state index contributed by atoms with van der Waals surface area (Å²) in [5.74, 6) is 1.59. The van der Waals surface area contributed by atoms with E-state index in [9.17, 15) is 0 Å². The van der Waals surface area contributed by atoms with Crippen LogP contribution < -0.4 is 9.47 Å². The van der Waals surface area contributed by atoms with Crippen LogP contribution in [0.2, 0.25) is 0 Å². The van der Waals surface area contributed by atoms with Gasteiger partial charge >= 0.3 is 0 Å².